The lowest BCUT2D eigenvalue weighted by Gasteiger charge is -2.07. The van der Waals surface area contributed by atoms with Gasteiger partial charge in [-0.3, -0.25) is 4.98 Å². The van der Waals surface area contributed by atoms with Crippen molar-refractivity contribution in [2.24, 2.45) is 11.5 Å². The maximum Gasteiger partial charge on any atom is 0.404 e. The van der Waals surface area contributed by atoms with Crippen LogP contribution < -0.4 is 16.8 Å². The van der Waals surface area contributed by atoms with Crippen LogP contribution in [0.25, 0.3) is 0 Å². The number of nitrogens with zero attached hydrogens (tertiary/aromatic N) is 1. The molecule has 0 aliphatic heterocycles. The number of anilines is 1. The number of primary amides is 1. The fraction of sp³-hybridized carbons (Fsp3) is 0.222. The number of aromatic nitrogens is 1. The third-order valence-electron chi connectivity index (χ3n) is 1.69. The molecule has 0 unspecified atom stereocenters. The number of rotatable bonds is 5. The first-order valence-electron chi connectivity index (χ1n) is 4.51. The van der Waals surface area contributed by atoms with Crippen LogP contribution in [0.4, 0.5) is 10.5 Å². The Labute approximate surface area is 98.0 Å². The van der Waals surface area contributed by atoms with Gasteiger partial charge < -0.3 is 21.5 Å². The Hall–Kier alpha value is -1.89. The van der Waals surface area contributed by atoms with Gasteiger partial charge in [-0.2, -0.15) is 0 Å². The van der Waals surface area contributed by atoms with Crippen molar-refractivity contribution in [2.45, 2.75) is 0 Å². The number of nitrogens with two attached hydrogens (primary N) is 2. The average Bonchev–Trinajstić information content (AvgIpc) is 2.24. The Bertz CT molecular complexity index is 397. The van der Waals surface area contributed by atoms with Gasteiger partial charge in [-0.1, -0.05) is 12.2 Å². The number of carbonyl (C=O) groups is 1. The number of hydrogen-bond acceptors (Lipinski definition) is 5. The van der Waals surface area contributed by atoms with Crippen molar-refractivity contribution in [1.29, 1.82) is 0 Å². The molecule has 0 spiro atoms. The lowest BCUT2D eigenvalue weighted by molar-refractivity contribution is 0.161. The third-order valence-corrected chi connectivity index (χ3v) is 1.90. The largest absolute Gasteiger partial charge is 0.448 e. The summed E-state index contributed by atoms with van der Waals surface area (Å²) in [6.45, 7) is 0.643. The number of carbonyl (C=O) groups excluding carboxylic acids is 1. The number of amides is 1. The molecule has 0 saturated heterocycles. The first kappa shape index (κ1) is 12.2. The normalized spacial score (nSPS) is 9.50. The van der Waals surface area contributed by atoms with E-state index in [1.54, 1.807) is 18.3 Å². The van der Waals surface area contributed by atoms with Gasteiger partial charge in [0, 0.05) is 18.4 Å². The predicted molar refractivity (Wildman–Crippen MR) is 64.1 cm³/mol. The molecular weight excluding hydrogens is 228 g/mol. The summed E-state index contributed by atoms with van der Waals surface area (Å²) in [4.78, 5) is 14.5. The molecule has 5 N–H and O–H groups in total. The van der Waals surface area contributed by atoms with Gasteiger partial charge in [0.2, 0.25) is 0 Å². The molecule has 1 heterocycles. The molecule has 0 saturated carbocycles. The van der Waals surface area contributed by atoms with Crippen molar-refractivity contribution in [3.63, 3.8) is 0 Å². The van der Waals surface area contributed by atoms with E-state index in [-0.39, 0.29) is 11.6 Å². The van der Waals surface area contributed by atoms with E-state index in [2.05, 4.69) is 15.0 Å². The van der Waals surface area contributed by atoms with E-state index in [1.807, 2.05) is 0 Å². The lowest BCUT2D eigenvalue weighted by atomic mass is 10.3. The number of thiocarbonyl (C=S) groups is 1. The predicted octanol–water partition coefficient (Wildman–Crippen LogP) is 0.223. The summed E-state index contributed by atoms with van der Waals surface area (Å²) in [7, 11) is 0. The van der Waals surface area contributed by atoms with Crippen molar-refractivity contribution >= 4 is 29.0 Å². The Balaban J connectivity index is 2.45. The van der Waals surface area contributed by atoms with E-state index >= 15 is 0 Å². The minimum Gasteiger partial charge on any atom is -0.448 e. The van der Waals surface area contributed by atoms with E-state index in [9.17, 15) is 4.79 Å². The fourth-order valence-electron chi connectivity index (χ4n) is 1.02. The highest BCUT2D eigenvalue weighted by molar-refractivity contribution is 7.80. The topological polar surface area (TPSA) is 103 Å². The summed E-state index contributed by atoms with van der Waals surface area (Å²) in [5.74, 6) is 0. The molecule has 0 radical (unpaired) electrons. The van der Waals surface area contributed by atoms with E-state index in [0.29, 0.717) is 12.2 Å². The zero-order valence-corrected chi connectivity index (χ0v) is 9.29. The van der Waals surface area contributed by atoms with Crippen LogP contribution in [0.3, 0.4) is 0 Å². The second-order valence-corrected chi connectivity index (χ2v) is 3.33. The summed E-state index contributed by atoms with van der Waals surface area (Å²) in [6, 6.07) is 3.47. The van der Waals surface area contributed by atoms with Gasteiger partial charge in [0.05, 0.1) is 5.69 Å². The smallest absolute Gasteiger partial charge is 0.404 e. The Kier molecular flexibility index (Phi) is 4.46. The third kappa shape index (κ3) is 4.09. The van der Waals surface area contributed by atoms with Crippen molar-refractivity contribution in [3.05, 3.63) is 24.0 Å². The minimum atomic E-state index is -0.791. The molecule has 0 atom stereocenters. The van der Waals surface area contributed by atoms with Crippen molar-refractivity contribution < 1.29 is 9.53 Å². The van der Waals surface area contributed by atoms with Crippen LogP contribution in [0.2, 0.25) is 0 Å². The fourth-order valence-corrected chi connectivity index (χ4v) is 1.13. The van der Waals surface area contributed by atoms with Crippen LogP contribution in [0.15, 0.2) is 18.3 Å². The lowest BCUT2D eigenvalue weighted by Crippen LogP contribution is -2.18. The highest BCUT2D eigenvalue weighted by Gasteiger charge is 1.99. The first-order valence-corrected chi connectivity index (χ1v) is 4.92. The molecule has 1 aromatic heterocycles. The number of ether oxygens (including phenoxy) is 1. The monoisotopic (exact) mass is 240 g/mol. The van der Waals surface area contributed by atoms with Crippen LogP contribution in [-0.2, 0) is 4.74 Å². The highest BCUT2D eigenvalue weighted by Crippen LogP contribution is 2.07. The zero-order valence-electron chi connectivity index (χ0n) is 8.47. The molecule has 0 aliphatic rings. The first-order chi connectivity index (χ1) is 7.59. The molecule has 0 aliphatic carbocycles. The van der Waals surface area contributed by atoms with Gasteiger partial charge in [-0.05, 0) is 12.1 Å². The molecule has 86 valence electrons. The maximum atomic E-state index is 10.3. The van der Waals surface area contributed by atoms with Crippen LogP contribution in [-0.4, -0.2) is 29.2 Å². The molecule has 1 aromatic rings. The summed E-state index contributed by atoms with van der Waals surface area (Å²) in [6.07, 6.45) is 0.798. The summed E-state index contributed by atoms with van der Waals surface area (Å²) >= 11 is 4.79. The highest BCUT2D eigenvalue weighted by atomic mass is 32.1. The van der Waals surface area contributed by atoms with Gasteiger partial charge in [0.1, 0.15) is 11.6 Å². The van der Waals surface area contributed by atoms with E-state index in [1.165, 1.54) is 0 Å². The maximum absolute atomic E-state index is 10.3. The standard InChI is InChI=1S/C9H12N4O2S/c10-8(16)7-5-6(1-2-13-7)12-3-4-15-9(11)14/h1-2,5H,3-4H2,(H2,10,16)(H2,11,14)(H,12,13). The van der Waals surface area contributed by atoms with Crippen molar-refractivity contribution in [3.8, 4) is 0 Å². The van der Waals surface area contributed by atoms with E-state index in [4.69, 9.17) is 23.7 Å². The quantitative estimate of drug-likeness (QED) is 0.502. The number of nitrogens with one attached hydrogen (secondary N) is 1. The molecular formula is C9H12N4O2S. The van der Waals surface area contributed by atoms with Gasteiger partial charge in [0.15, 0.2) is 0 Å². The van der Waals surface area contributed by atoms with Crippen LogP contribution in [0.5, 0.6) is 0 Å². The van der Waals surface area contributed by atoms with Gasteiger partial charge in [-0.15, -0.1) is 0 Å². The SMILES string of the molecule is NC(=O)OCCNc1ccnc(C(N)=S)c1. The van der Waals surface area contributed by atoms with Crippen molar-refractivity contribution in [2.75, 3.05) is 18.5 Å². The molecule has 7 heteroatoms. The molecule has 0 aromatic carbocycles. The van der Waals surface area contributed by atoms with E-state index in [0.717, 1.165) is 5.69 Å². The molecule has 16 heavy (non-hydrogen) atoms. The molecule has 1 amide bonds. The van der Waals surface area contributed by atoms with Gasteiger partial charge in [0.25, 0.3) is 0 Å². The van der Waals surface area contributed by atoms with Gasteiger partial charge in [-0.25, -0.2) is 4.79 Å². The zero-order chi connectivity index (χ0) is 12.0. The van der Waals surface area contributed by atoms with Crippen molar-refractivity contribution in [1.82, 2.24) is 4.98 Å². The summed E-state index contributed by atoms with van der Waals surface area (Å²) < 4.78 is 4.55. The van der Waals surface area contributed by atoms with Crippen LogP contribution >= 0.6 is 12.2 Å². The minimum absolute atomic E-state index is 0.195. The Morgan fingerprint density at radius 3 is 2.94 bits per heavy atom. The van der Waals surface area contributed by atoms with Gasteiger partial charge >= 0.3 is 6.09 Å². The Morgan fingerprint density at radius 2 is 2.31 bits per heavy atom. The second-order valence-electron chi connectivity index (χ2n) is 2.89. The molecule has 0 fully saturated rings. The average molecular weight is 240 g/mol. The summed E-state index contributed by atoms with van der Waals surface area (Å²) in [5.41, 5.74) is 11.6. The molecule has 6 nitrogen and oxygen atoms in total. The van der Waals surface area contributed by atoms with E-state index < -0.39 is 6.09 Å². The second kappa shape index (κ2) is 5.86. The molecule has 1 rings (SSSR count). The van der Waals surface area contributed by atoms with Crippen LogP contribution in [0.1, 0.15) is 5.69 Å². The molecule has 0 bridgehead atoms. The number of pyridine rings is 1. The Morgan fingerprint density at radius 1 is 1.56 bits per heavy atom. The summed E-state index contributed by atoms with van der Waals surface area (Å²) in [5, 5.41) is 3.01. The number of hydrogen-bond donors (Lipinski definition) is 3. The van der Waals surface area contributed by atoms with Crippen LogP contribution in [0, 0.1) is 0 Å².